The monoisotopic (exact) mass is 310 g/mol. The van der Waals surface area contributed by atoms with Crippen molar-refractivity contribution in [2.75, 3.05) is 26.2 Å². The van der Waals surface area contributed by atoms with E-state index in [2.05, 4.69) is 12.2 Å². The molecule has 1 aromatic rings. The van der Waals surface area contributed by atoms with Crippen molar-refractivity contribution in [2.45, 2.75) is 43.9 Å². The van der Waals surface area contributed by atoms with E-state index in [9.17, 15) is 8.42 Å². The minimum atomic E-state index is -3.29. The summed E-state index contributed by atoms with van der Waals surface area (Å²) in [6.07, 6.45) is 5.15. The van der Waals surface area contributed by atoms with Crippen molar-refractivity contribution in [3.63, 3.8) is 0 Å². The predicted molar refractivity (Wildman–Crippen MR) is 85.9 cm³/mol. The quantitative estimate of drug-likeness (QED) is 0.787. The molecule has 0 unspecified atom stereocenters. The minimum absolute atomic E-state index is 0.426. The highest BCUT2D eigenvalue weighted by Crippen LogP contribution is 2.20. The normalized spacial score (nSPS) is 17.0. The molecular weight excluding hydrogens is 284 g/mol. The topological polar surface area (TPSA) is 49.4 Å². The molecule has 0 amide bonds. The lowest BCUT2D eigenvalue weighted by molar-refractivity contribution is 0.346. The summed E-state index contributed by atoms with van der Waals surface area (Å²) < 4.78 is 26.6. The molecule has 1 heterocycles. The lowest BCUT2D eigenvalue weighted by Gasteiger charge is -2.25. The van der Waals surface area contributed by atoms with Gasteiger partial charge in [-0.2, -0.15) is 4.31 Å². The van der Waals surface area contributed by atoms with Gasteiger partial charge in [0.05, 0.1) is 4.90 Å². The number of nitrogens with zero attached hydrogens (tertiary/aromatic N) is 1. The van der Waals surface area contributed by atoms with Gasteiger partial charge < -0.3 is 5.32 Å². The van der Waals surface area contributed by atoms with E-state index in [1.807, 2.05) is 12.1 Å². The number of hydrogen-bond acceptors (Lipinski definition) is 3. The van der Waals surface area contributed by atoms with Crippen LogP contribution in [0, 0.1) is 0 Å². The molecule has 0 spiro atoms. The molecule has 2 rings (SSSR count). The molecule has 1 fully saturated rings. The smallest absolute Gasteiger partial charge is 0.243 e. The van der Waals surface area contributed by atoms with Gasteiger partial charge in [-0.05, 0) is 56.5 Å². The van der Waals surface area contributed by atoms with Crippen LogP contribution in [-0.2, 0) is 16.4 Å². The first-order chi connectivity index (χ1) is 10.1. The summed E-state index contributed by atoms with van der Waals surface area (Å²) in [7, 11) is -3.29. The van der Waals surface area contributed by atoms with Gasteiger partial charge in [-0.1, -0.05) is 25.5 Å². The second-order valence-electron chi connectivity index (χ2n) is 5.61. The Kier molecular flexibility index (Phi) is 6.21. The fourth-order valence-corrected chi connectivity index (χ4v) is 4.13. The van der Waals surface area contributed by atoms with Crippen LogP contribution in [0.3, 0.4) is 0 Å². The van der Waals surface area contributed by atoms with Crippen LogP contribution in [0.15, 0.2) is 29.2 Å². The van der Waals surface area contributed by atoms with E-state index in [-0.39, 0.29) is 0 Å². The first kappa shape index (κ1) is 16.5. The standard InChI is InChI=1S/C16H26N2O2S/c1-2-11-17-12-10-15-6-8-16(9-7-15)21(19,20)18-13-4-3-5-14-18/h6-9,17H,2-5,10-14H2,1H3. The van der Waals surface area contributed by atoms with Gasteiger partial charge in [0, 0.05) is 13.1 Å². The molecule has 0 saturated carbocycles. The third-order valence-electron chi connectivity index (χ3n) is 3.89. The molecule has 21 heavy (non-hydrogen) atoms. The summed E-state index contributed by atoms with van der Waals surface area (Å²) in [4.78, 5) is 0.426. The molecule has 5 heteroatoms. The van der Waals surface area contributed by atoms with E-state index in [0.29, 0.717) is 18.0 Å². The summed E-state index contributed by atoms with van der Waals surface area (Å²) >= 11 is 0. The summed E-state index contributed by atoms with van der Waals surface area (Å²) in [6, 6.07) is 7.37. The Bertz CT molecular complexity index is 520. The van der Waals surface area contributed by atoms with Crippen LogP contribution in [0.25, 0.3) is 0 Å². The number of piperidine rings is 1. The van der Waals surface area contributed by atoms with Crippen LogP contribution in [0.5, 0.6) is 0 Å². The molecule has 1 aliphatic heterocycles. The van der Waals surface area contributed by atoms with E-state index in [0.717, 1.165) is 45.2 Å². The average molecular weight is 310 g/mol. The molecule has 0 atom stereocenters. The van der Waals surface area contributed by atoms with Crippen molar-refractivity contribution >= 4 is 10.0 Å². The SMILES string of the molecule is CCCNCCc1ccc(S(=O)(=O)N2CCCCC2)cc1. The Labute approximate surface area is 128 Å². The second kappa shape index (κ2) is 7.92. The fraction of sp³-hybridized carbons (Fsp3) is 0.625. The van der Waals surface area contributed by atoms with E-state index < -0.39 is 10.0 Å². The summed E-state index contributed by atoms with van der Waals surface area (Å²) in [5.41, 5.74) is 1.18. The van der Waals surface area contributed by atoms with Crippen molar-refractivity contribution in [3.8, 4) is 0 Å². The van der Waals surface area contributed by atoms with Gasteiger partial charge in [-0.25, -0.2) is 8.42 Å². The minimum Gasteiger partial charge on any atom is -0.316 e. The van der Waals surface area contributed by atoms with E-state index in [4.69, 9.17) is 0 Å². The van der Waals surface area contributed by atoms with Crippen molar-refractivity contribution in [3.05, 3.63) is 29.8 Å². The summed E-state index contributed by atoms with van der Waals surface area (Å²) in [6.45, 7) is 5.43. The third-order valence-corrected chi connectivity index (χ3v) is 5.81. The summed E-state index contributed by atoms with van der Waals surface area (Å²) in [5, 5.41) is 3.35. The van der Waals surface area contributed by atoms with E-state index >= 15 is 0 Å². The maximum Gasteiger partial charge on any atom is 0.243 e. The molecule has 0 bridgehead atoms. The van der Waals surface area contributed by atoms with E-state index in [1.165, 1.54) is 5.56 Å². The lowest BCUT2D eigenvalue weighted by Crippen LogP contribution is -2.35. The predicted octanol–water partition coefficient (Wildman–Crippen LogP) is 2.40. The first-order valence-corrected chi connectivity index (χ1v) is 9.38. The van der Waals surface area contributed by atoms with Gasteiger partial charge in [0.25, 0.3) is 0 Å². The number of nitrogens with one attached hydrogen (secondary N) is 1. The van der Waals surface area contributed by atoms with Gasteiger partial charge in [0.15, 0.2) is 0 Å². The summed E-state index contributed by atoms with van der Waals surface area (Å²) in [5.74, 6) is 0. The zero-order chi connectivity index (χ0) is 15.1. The van der Waals surface area contributed by atoms with Crippen LogP contribution in [0.1, 0.15) is 38.2 Å². The fourth-order valence-electron chi connectivity index (χ4n) is 2.62. The Morgan fingerprint density at radius 1 is 1.05 bits per heavy atom. The molecule has 0 aromatic heterocycles. The average Bonchev–Trinajstić information content (AvgIpc) is 2.53. The highest BCUT2D eigenvalue weighted by atomic mass is 32.2. The Morgan fingerprint density at radius 3 is 2.33 bits per heavy atom. The van der Waals surface area contributed by atoms with Crippen molar-refractivity contribution in [2.24, 2.45) is 0 Å². The highest BCUT2D eigenvalue weighted by Gasteiger charge is 2.25. The molecule has 1 aromatic carbocycles. The highest BCUT2D eigenvalue weighted by molar-refractivity contribution is 7.89. The Balaban J connectivity index is 1.97. The van der Waals surface area contributed by atoms with Gasteiger partial charge in [0.2, 0.25) is 10.0 Å². The van der Waals surface area contributed by atoms with Crippen LogP contribution in [0.4, 0.5) is 0 Å². The molecular formula is C16H26N2O2S. The van der Waals surface area contributed by atoms with Gasteiger partial charge in [-0.3, -0.25) is 0 Å². The van der Waals surface area contributed by atoms with Crippen molar-refractivity contribution in [1.82, 2.24) is 9.62 Å². The van der Waals surface area contributed by atoms with E-state index in [1.54, 1.807) is 16.4 Å². The number of benzene rings is 1. The molecule has 1 saturated heterocycles. The maximum atomic E-state index is 12.5. The molecule has 0 aliphatic carbocycles. The molecule has 118 valence electrons. The largest absolute Gasteiger partial charge is 0.316 e. The second-order valence-corrected chi connectivity index (χ2v) is 7.55. The molecule has 1 N–H and O–H groups in total. The van der Waals surface area contributed by atoms with Crippen LogP contribution >= 0.6 is 0 Å². The number of hydrogen-bond donors (Lipinski definition) is 1. The Hall–Kier alpha value is -0.910. The van der Waals surface area contributed by atoms with Crippen LogP contribution in [-0.4, -0.2) is 38.9 Å². The van der Waals surface area contributed by atoms with Gasteiger partial charge in [-0.15, -0.1) is 0 Å². The molecule has 1 aliphatic rings. The molecule has 4 nitrogen and oxygen atoms in total. The molecule has 0 radical (unpaired) electrons. The van der Waals surface area contributed by atoms with Crippen LogP contribution in [0.2, 0.25) is 0 Å². The van der Waals surface area contributed by atoms with Crippen molar-refractivity contribution < 1.29 is 8.42 Å². The van der Waals surface area contributed by atoms with Gasteiger partial charge in [0.1, 0.15) is 0 Å². The van der Waals surface area contributed by atoms with Crippen LogP contribution < -0.4 is 5.32 Å². The number of rotatable bonds is 7. The maximum absolute atomic E-state index is 12.5. The van der Waals surface area contributed by atoms with Crippen molar-refractivity contribution in [1.29, 1.82) is 0 Å². The van der Waals surface area contributed by atoms with Gasteiger partial charge >= 0.3 is 0 Å². The zero-order valence-electron chi connectivity index (χ0n) is 12.8. The third kappa shape index (κ3) is 4.53. The zero-order valence-corrected chi connectivity index (χ0v) is 13.7. The first-order valence-electron chi connectivity index (χ1n) is 7.94. The lowest BCUT2D eigenvalue weighted by atomic mass is 10.1. The Morgan fingerprint density at radius 2 is 1.71 bits per heavy atom. The number of sulfonamides is 1.